The van der Waals surface area contributed by atoms with E-state index >= 15 is 0 Å². The van der Waals surface area contributed by atoms with Gasteiger partial charge in [-0.05, 0) is 23.6 Å². The smallest absolute Gasteiger partial charge is 0.268 e. The number of carbonyl (C=O) groups excluding carboxylic acids is 1. The molecule has 3 rings (SSSR count). The number of aromatic nitrogens is 2. The molecule has 3 aromatic rings. The van der Waals surface area contributed by atoms with Crippen molar-refractivity contribution in [2.75, 3.05) is 0 Å². The van der Waals surface area contributed by atoms with Crippen LogP contribution in [0.25, 0.3) is 10.2 Å². The fraction of sp³-hybridized carbons (Fsp3) is 0.0714. The van der Waals surface area contributed by atoms with E-state index in [9.17, 15) is 9.59 Å². The molecular weight excluding hydrogens is 276 g/mol. The van der Waals surface area contributed by atoms with Crippen LogP contribution in [0.2, 0.25) is 0 Å². The van der Waals surface area contributed by atoms with Gasteiger partial charge in [-0.1, -0.05) is 12.1 Å². The van der Waals surface area contributed by atoms with Crippen molar-refractivity contribution < 1.29 is 9.53 Å². The van der Waals surface area contributed by atoms with Gasteiger partial charge in [-0.25, -0.2) is 4.98 Å². The number of aldehydes is 1. The maximum atomic E-state index is 11.8. The Kier molecular flexibility index (Phi) is 3.30. The number of benzene rings is 1. The van der Waals surface area contributed by atoms with E-state index in [1.54, 1.807) is 30.3 Å². The normalized spacial score (nSPS) is 10.6. The predicted octanol–water partition coefficient (Wildman–Crippen LogP) is 2.38. The molecule has 0 radical (unpaired) electrons. The second-order valence-electron chi connectivity index (χ2n) is 4.09. The third kappa shape index (κ3) is 2.33. The van der Waals surface area contributed by atoms with Crippen LogP contribution in [0, 0.1) is 0 Å². The second-order valence-corrected chi connectivity index (χ2v) is 5.01. The lowest BCUT2D eigenvalue weighted by atomic mass is 10.2. The van der Waals surface area contributed by atoms with Crippen molar-refractivity contribution in [1.29, 1.82) is 0 Å². The summed E-state index contributed by atoms with van der Waals surface area (Å²) in [5.41, 5.74) is 0.944. The summed E-state index contributed by atoms with van der Waals surface area (Å²) in [6.45, 7) is 0.103. The first kappa shape index (κ1) is 12.6. The van der Waals surface area contributed by atoms with Crippen LogP contribution in [-0.2, 0) is 6.61 Å². The second kappa shape index (κ2) is 5.26. The van der Waals surface area contributed by atoms with Gasteiger partial charge in [0.1, 0.15) is 22.9 Å². The third-order valence-corrected chi connectivity index (χ3v) is 3.68. The van der Waals surface area contributed by atoms with E-state index in [4.69, 9.17) is 4.74 Å². The van der Waals surface area contributed by atoms with Crippen LogP contribution in [0.1, 0.15) is 16.2 Å². The predicted molar refractivity (Wildman–Crippen MR) is 76.4 cm³/mol. The van der Waals surface area contributed by atoms with Crippen LogP contribution >= 0.6 is 11.3 Å². The number of thiophene rings is 1. The number of ether oxygens (including phenoxy) is 1. The first-order valence-electron chi connectivity index (χ1n) is 5.91. The number of H-pyrrole nitrogens is 1. The van der Waals surface area contributed by atoms with E-state index in [1.807, 2.05) is 5.38 Å². The number of rotatable bonds is 4. The number of hydrogen-bond donors (Lipinski definition) is 1. The molecule has 0 fully saturated rings. The fourth-order valence-corrected chi connectivity index (χ4v) is 2.57. The molecule has 0 unspecified atom stereocenters. The zero-order valence-corrected chi connectivity index (χ0v) is 11.1. The molecular formula is C14H10N2O3S. The Morgan fingerprint density at radius 3 is 3.00 bits per heavy atom. The standard InChI is InChI=1S/C14H10N2O3S/c17-7-9-3-1-2-4-11(9)19-8-12-15-10-5-6-20-13(10)14(18)16-12/h1-7H,8H2,(H,15,16,18). The Morgan fingerprint density at radius 1 is 1.30 bits per heavy atom. The van der Waals surface area contributed by atoms with Crippen LogP contribution in [-0.4, -0.2) is 16.3 Å². The summed E-state index contributed by atoms with van der Waals surface area (Å²) in [6.07, 6.45) is 0.730. The maximum Gasteiger partial charge on any atom is 0.268 e. The largest absolute Gasteiger partial charge is 0.485 e. The van der Waals surface area contributed by atoms with Gasteiger partial charge in [-0.15, -0.1) is 11.3 Å². The Balaban J connectivity index is 1.86. The van der Waals surface area contributed by atoms with Crippen molar-refractivity contribution in [3.8, 4) is 5.75 Å². The average molecular weight is 286 g/mol. The minimum Gasteiger partial charge on any atom is -0.485 e. The SMILES string of the molecule is O=Cc1ccccc1OCc1nc2ccsc2c(=O)[nH]1. The van der Waals surface area contributed by atoms with Gasteiger partial charge in [0.15, 0.2) is 6.29 Å². The van der Waals surface area contributed by atoms with E-state index in [1.165, 1.54) is 11.3 Å². The highest BCUT2D eigenvalue weighted by Crippen LogP contribution is 2.17. The molecule has 1 aromatic carbocycles. The lowest BCUT2D eigenvalue weighted by Gasteiger charge is -2.07. The molecule has 0 bridgehead atoms. The molecule has 100 valence electrons. The highest BCUT2D eigenvalue weighted by atomic mass is 32.1. The number of nitrogens with zero attached hydrogens (tertiary/aromatic N) is 1. The van der Waals surface area contributed by atoms with Crippen molar-refractivity contribution in [3.05, 3.63) is 57.5 Å². The highest BCUT2D eigenvalue weighted by molar-refractivity contribution is 7.17. The summed E-state index contributed by atoms with van der Waals surface area (Å²) in [7, 11) is 0. The summed E-state index contributed by atoms with van der Waals surface area (Å²) >= 11 is 1.35. The fourth-order valence-electron chi connectivity index (χ4n) is 1.85. The van der Waals surface area contributed by atoms with Gasteiger partial charge in [0, 0.05) is 0 Å². The monoisotopic (exact) mass is 286 g/mol. The van der Waals surface area contributed by atoms with Crippen molar-refractivity contribution in [3.63, 3.8) is 0 Å². The van der Waals surface area contributed by atoms with Crippen molar-refractivity contribution in [1.82, 2.24) is 9.97 Å². The number of fused-ring (bicyclic) bond motifs is 1. The lowest BCUT2D eigenvalue weighted by Crippen LogP contribution is -2.12. The van der Waals surface area contributed by atoms with Crippen molar-refractivity contribution in [2.45, 2.75) is 6.61 Å². The molecule has 0 amide bonds. The molecule has 0 aliphatic heterocycles. The first-order chi connectivity index (χ1) is 9.78. The number of carbonyl (C=O) groups is 1. The van der Waals surface area contributed by atoms with Gasteiger partial charge in [0.05, 0.1) is 11.1 Å². The highest BCUT2D eigenvalue weighted by Gasteiger charge is 2.07. The lowest BCUT2D eigenvalue weighted by molar-refractivity contribution is 0.111. The number of aromatic amines is 1. The molecule has 20 heavy (non-hydrogen) atoms. The van der Waals surface area contributed by atoms with E-state index in [0.717, 1.165) is 6.29 Å². The molecule has 0 aliphatic carbocycles. The van der Waals surface area contributed by atoms with E-state index in [0.29, 0.717) is 27.4 Å². The summed E-state index contributed by atoms with van der Waals surface area (Å²) in [5.74, 6) is 0.900. The Morgan fingerprint density at radius 2 is 2.15 bits per heavy atom. The van der Waals surface area contributed by atoms with Crippen LogP contribution in [0.4, 0.5) is 0 Å². The molecule has 0 aliphatic rings. The number of para-hydroxylation sites is 1. The zero-order chi connectivity index (χ0) is 13.9. The summed E-state index contributed by atoms with van der Waals surface area (Å²) in [5, 5.41) is 1.82. The Hall–Kier alpha value is -2.47. The first-order valence-corrected chi connectivity index (χ1v) is 6.79. The van der Waals surface area contributed by atoms with Gasteiger partial charge < -0.3 is 9.72 Å². The van der Waals surface area contributed by atoms with Crippen LogP contribution in [0.15, 0.2) is 40.5 Å². The van der Waals surface area contributed by atoms with Crippen LogP contribution in [0.3, 0.4) is 0 Å². The molecule has 0 saturated heterocycles. The van der Waals surface area contributed by atoms with Crippen LogP contribution < -0.4 is 10.3 Å². The van der Waals surface area contributed by atoms with E-state index in [2.05, 4.69) is 9.97 Å². The molecule has 2 aromatic heterocycles. The molecule has 0 spiro atoms. The third-order valence-electron chi connectivity index (χ3n) is 2.77. The van der Waals surface area contributed by atoms with Gasteiger partial charge in [-0.3, -0.25) is 9.59 Å². The Labute approximate surface area is 117 Å². The van der Waals surface area contributed by atoms with Gasteiger partial charge >= 0.3 is 0 Å². The summed E-state index contributed by atoms with van der Waals surface area (Å²) in [4.78, 5) is 29.7. The van der Waals surface area contributed by atoms with Gasteiger partial charge in [-0.2, -0.15) is 0 Å². The number of nitrogens with one attached hydrogen (secondary N) is 1. The van der Waals surface area contributed by atoms with Crippen LogP contribution in [0.5, 0.6) is 5.75 Å². The zero-order valence-electron chi connectivity index (χ0n) is 10.3. The quantitative estimate of drug-likeness (QED) is 0.747. The molecule has 0 atom stereocenters. The maximum absolute atomic E-state index is 11.8. The summed E-state index contributed by atoms with van der Waals surface area (Å²) < 4.78 is 6.13. The molecule has 6 heteroatoms. The molecule has 0 saturated carbocycles. The molecule has 5 nitrogen and oxygen atoms in total. The summed E-state index contributed by atoms with van der Waals surface area (Å²) in [6, 6.07) is 8.69. The number of hydrogen-bond acceptors (Lipinski definition) is 5. The minimum absolute atomic E-state index is 0.103. The minimum atomic E-state index is -0.174. The van der Waals surface area contributed by atoms with Gasteiger partial charge in [0.25, 0.3) is 5.56 Å². The van der Waals surface area contributed by atoms with E-state index < -0.39 is 0 Å². The topological polar surface area (TPSA) is 72.0 Å². The van der Waals surface area contributed by atoms with Crippen molar-refractivity contribution in [2.24, 2.45) is 0 Å². The average Bonchev–Trinajstić information content (AvgIpc) is 2.94. The Bertz CT molecular complexity index is 822. The molecule has 1 N–H and O–H groups in total. The van der Waals surface area contributed by atoms with Crippen molar-refractivity contribution >= 4 is 27.8 Å². The van der Waals surface area contributed by atoms with E-state index in [-0.39, 0.29) is 12.2 Å². The molecule has 2 heterocycles. The van der Waals surface area contributed by atoms with Gasteiger partial charge in [0.2, 0.25) is 0 Å².